The molecule has 0 saturated heterocycles. The highest BCUT2D eigenvalue weighted by Gasteiger charge is 2.37. The molecule has 0 aromatic heterocycles. The van der Waals surface area contributed by atoms with Crippen molar-refractivity contribution >= 4 is 8.32 Å². The molecule has 0 rings (SSSR count). The van der Waals surface area contributed by atoms with Gasteiger partial charge in [0.25, 0.3) is 0 Å². The predicted octanol–water partition coefficient (Wildman–Crippen LogP) is 4.34. The van der Waals surface area contributed by atoms with Gasteiger partial charge in [-0.05, 0) is 40.3 Å². The minimum Gasteiger partial charge on any atom is -0.415 e. The first kappa shape index (κ1) is 17.1. The molecule has 0 aromatic rings. The minimum atomic E-state index is -1.77. The Kier molecular flexibility index (Phi) is 8.34. The maximum absolute atomic E-state index is 9.97. The molecule has 0 saturated carbocycles. The molecule has 0 radical (unpaired) electrons. The predicted molar refractivity (Wildman–Crippen MR) is 77.9 cm³/mol. The van der Waals surface area contributed by atoms with Gasteiger partial charge < -0.3 is 9.53 Å². The third-order valence-electron chi connectivity index (χ3n) is 3.38. The molecular formula is C14H32O2Si. The number of aliphatic hydroxyl groups is 1. The Balaban J connectivity index is 4.29. The number of rotatable bonds is 9. The highest BCUT2D eigenvalue weighted by atomic mass is 28.4. The van der Waals surface area contributed by atoms with Gasteiger partial charge in [0.2, 0.25) is 0 Å². The summed E-state index contributed by atoms with van der Waals surface area (Å²) >= 11 is 0. The van der Waals surface area contributed by atoms with E-state index in [0.29, 0.717) is 5.54 Å². The summed E-state index contributed by atoms with van der Waals surface area (Å²) in [6.07, 6.45) is 6.23. The van der Waals surface area contributed by atoms with Crippen molar-refractivity contribution in [1.29, 1.82) is 0 Å². The average Bonchev–Trinajstić information content (AvgIpc) is 2.14. The Bertz CT molecular complexity index is 191. The van der Waals surface area contributed by atoms with Crippen LogP contribution in [0.4, 0.5) is 0 Å². The van der Waals surface area contributed by atoms with Crippen molar-refractivity contribution < 1.29 is 9.53 Å². The molecule has 0 unspecified atom stereocenters. The van der Waals surface area contributed by atoms with Crippen molar-refractivity contribution in [3.63, 3.8) is 0 Å². The molecule has 0 aliphatic carbocycles. The molecule has 0 spiro atoms. The lowest BCUT2D eigenvalue weighted by Gasteiger charge is -2.35. The molecule has 2 atom stereocenters. The molecule has 0 aliphatic rings. The molecule has 0 amide bonds. The van der Waals surface area contributed by atoms with Crippen LogP contribution >= 0.6 is 0 Å². The minimum absolute atomic E-state index is 0.239. The van der Waals surface area contributed by atoms with E-state index in [2.05, 4.69) is 33.9 Å². The van der Waals surface area contributed by atoms with E-state index in [9.17, 15) is 5.11 Å². The van der Waals surface area contributed by atoms with Crippen LogP contribution < -0.4 is 0 Å². The molecule has 0 aromatic carbocycles. The molecule has 0 heterocycles. The van der Waals surface area contributed by atoms with Gasteiger partial charge >= 0.3 is 0 Å². The topological polar surface area (TPSA) is 29.5 Å². The zero-order valence-electron chi connectivity index (χ0n) is 12.6. The van der Waals surface area contributed by atoms with Crippen molar-refractivity contribution in [3.05, 3.63) is 0 Å². The fraction of sp³-hybridized carbons (Fsp3) is 1.00. The molecule has 2 nitrogen and oxygen atoms in total. The van der Waals surface area contributed by atoms with Gasteiger partial charge in [-0.25, -0.2) is 0 Å². The van der Waals surface area contributed by atoms with Gasteiger partial charge in [0.05, 0.1) is 6.10 Å². The smallest absolute Gasteiger partial charge is 0.192 e. The summed E-state index contributed by atoms with van der Waals surface area (Å²) in [4.78, 5) is 0. The highest BCUT2D eigenvalue weighted by molar-refractivity contribution is 6.72. The third-order valence-corrected chi connectivity index (χ3v) is 7.02. The Morgan fingerprint density at radius 3 is 2.06 bits per heavy atom. The second kappa shape index (κ2) is 8.28. The van der Waals surface area contributed by atoms with Crippen molar-refractivity contribution in [2.45, 2.75) is 90.6 Å². The fourth-order valence-corrected chi connectivity index (χ4v) is 6.11. The standard InChI is InChI=1S/C14H32O2Si/c1-7-8-9-10-11-14(13(4)15)17(5,6)16-12(2)3/h12-15H,7-11H2,1-6H3/t13-,14-/m1/s1. The zero-order valence-corrected chi connectivity index (χ0v) is 13.6. The summed E-state index contributed by atoms with van der Waals surface area (Å²) in [6, 6.07) is 0. The van der Waals surface area contributed by atoms with Crippen molar-refractivity contribution in [1.82, 2.24) is 0 Å². The van der Waals surface area contributed by atoms with Gasteiger partial charge in [-0.3, -0.25) is 0 Å². The summed E-state index contributed by atoms with van der Waals surface area (Å²) < 4.78 is 6.10. The van der Waals surface area contributed by atoms with E-state index < -0.39 is 8.32 Å². The summed E-state index contributed by atoms with van der Waals surface area (Å²) in [5.41, 5.74) is 0.363. The Morgan fingerprint density at radius 2 is 1.65 bits per heavy atom. The van der Waals surface area contributed by atoms with Crippen molar-refractivity contribution in [3.8, 4) is 0 Å². The normalized spacial score (nSPS) is 16.2. The van der Waals surface area contributed by atoms with Crippen LogP contribution in [0.15, 0.2) is 0 Å². The maximum atomic E-state index is 9.97. The summed E-state index contributed by atoms with van der Waals surface area (Å²) in [6.45, 7) is 12.8. The van der Waals surface area contributed by atoms with E-state index in [1.807, 2.05) is 6.92 Å². The van der Waals surface area contributed by atoms with E-state index in [1.54, 1.807) is 0 Å². The first-order chi connectivity index (χ1) is 7.81. The average molecular weight is 260 g/mol. The third kappa shape index (κ3) is 7.22. The monoisotopic (exact) mass is 260 g/mol. The van der Waals surface area contributed by atoms with E-state index in [4.69, 9.17) is 4.43 Å². The number of hydrogen-bond acceptors (Lipinski definition) is 2. The first-order valence-electron chi connectivity index (χ1n) is 7.17. The van der Waals surface area contributed by atoms with Gasteiger partial charge in [0.15, 0.2) is 8.32 Å². The van der Waals surface area contributed by atoms with Crippen molar-refractivity contribution in [2.24, 2.45) is 0 Å². The Labute approximate surface area is 109 Å². The fourth-order valence-electron chi connectivity index (χ4n) is 2.66. The van der Waals surface area contributed by atoms with Crippen LogP contribution in [0.5, 0.6) is 0 Å². The number of hydrogen-bond donors (Lipinski definition) is 1. The van der Waals surface area contributed by atoms with E-state index in [-0.39, 0.29) is 12.2 Å². The van der Waals surface area contributed by atoms with Crippen LogP contribution in [-0.2, 0) is 4.43 Å². The van der Waals surface area contributed by atoms with Crippen molar-refractivity contribution in [2.75, 3.05) is 0 Å². The van der Waals surface area contributed by atoms with Crippen LogP contribution in [0.3, 0.4) is 0 Å². The van der Waals surface area contributed by atoms with E-state index in [0.717, 1.165) is 6.42 Å². The quantitative estimate of drug-likeness (QED) is 0.494. The largest absolute Gasteiger partial charge is 0.415 e. The van der Waals surface area contributed by atoms with Gasteiger partial charge in [-0.2, -0.15) is 0 Å². The molecule has 3 heteroatoms. The van der Waals surface area contributed by atoms with Crippen LogP contribution in [0.1, 0.15) is 59.8 Å². The van der Waals surface area contributed by atoms with Gasteiger partial charge in [-0.15, -0.1) is 0 Å². The lowest BCUT2D eigenvalue weighted by atomic mass is 10.1. The zero-order chi connectivity index (χ0) is 13.5. The lowest BCUT2D eigenvalue weighted by Crippen LogP contribution is -2.43. The second-order valence-electron chi connectivity index (χ2n) is 5.97. The number of aliphatic hydroxyl groups excluding tert-OH is 1. The van der Waals surface area contributed by atoms with E-state index in [1.165, 1.54) is 25.7 Å². The summed E-state index contributed by atoms with van der Waals surface area (Å²) in [5.74, 6) is 0. The molecule has 0 aliphatic heterocycles. The molecule has 104 valence electrons. The maximum Gasteiger partial charge on any atom is 0.192 e. The van der Waals surface area contributed by atoms with Crippen LogP contribution in [0.2, 0.25) is 18.6 Å². The molecule has 1 N–H and O–H groups in total. The van der Waals surface area contributed by atoms with Gasteiger partial charge in [-0.1, -0.05) is 32.6 Å². The SMILES string of the molecule is CCCCCC[C@H]([C@@H](C)O)[Si](C)(C)OC(C)C. The molecular weight excluding hydrogens is 228 g/mol. The summed E-state index contributed by atoms with van der Waals surface area (Å²) in [5, 5.41) is 9.97. The van der Waals surface area contributed by atoms with Gasteiger partial charge in [0.1, 0.15) is 0 Å². The second-order valence-corrected chi connectivity index (χ2v) is 10.2. The number of unbranched alkanes of at least 4 members (excludes halogenated alkanes) is 3. The first-order valence-corrected chi connectivity index (χ1v) is 10.2. The Hall–Kier alpha value is 0.137. The molecule has 17 heavy (non-hydrogen) atoms. The van der Waals surface area contributed by atoms with Gasteiger partial charge in [0, 0.05) is 11.6 Å². The van der Waals surface area contributed by atoms with Crippen LogP contribution in [0.25, 0.3) is 0 Å². The lowest BCUT2D eigenvalue weighted by molar-refractivity contribution is 0.152. The molecule has 0 fully saturated rings. The van der Waals surface area contributed by atoms with Crippen LogP contribution in [0, 0.1) is 0 Å². The van der Waals surface area contributed by atoms with Crippen LogP contribution in [-0.4, -0.2) is 25.6 Å². The van der Waals surface area contributed by atoms with E-state index >= 15 is 0 Å². The molecule has 0 bridgehead atoms. The Morgan fingerprint density at radius 1 is 1.06 bits per heavy atom. The summed E-state index contributed by atoms with van der Waals surface area (Å²) in [7, 11) is -1.77. The highest BCUT2D eigenvalue weighted by Crippen LogP contribution is 2.33.